The van der Waals surface area contributed by atoms with Crippen molar-refractivity contribution in [2.75, 3.05) is 0 Å². The molecular formula is C6H6O3. The van der Waals surface area contributed by atoms with Gasteiger partial charge in [0, 0.05) is 12.8 Å². The van der Waals surface area contributed by atoms with Crippen LogP contribution in [0, 0.1) is 0 Å². The van der Waals surface area contributed by atoms with Crippen LogP contribution >= 0.6 is 0 Å². The first-order valence-corrected chi connectivity index (χ1v) is 3.18. The van der Waals surface area contributed by atoms with Crippen LogP contribution in [0.5, 0.6) is 0 Å². The molecule has 0 amide bonds. The molecule has 48 valence electrons. The van der Waals surface area contributed by atoms with Crippen LogP contribution in [0.4, 0.5) is 0 Å². The molecule has 0 aromatic heterocycles. The minimum atomic E-state index is -0.387. The Bertz CT molecular complexity index is 202. The van der Waals surface area contributed by atoms with E-state index in [0.29, 0.717) is 12.8 Å². The number of ketones is 1. The quantitative estimate of drug-likeness (QED) is 0.435. The van der Waals surface area contributed by atoms with Crippen LogP contribution in [0.1, 0.15) is 19.3 Å². The Hall–Kier alpha value is -0.410. The van der Waals surface area contributed by atoms with E-state index in [1.165, 1.54) is 0 Å². The molecule has 1 saturated carbocycles. The normalized spacial score (nSPS) is 60.2. The van der Waals surface area contributed by atoms with Gasteiger partial charge in [-0.3, -0.25) is 4.79 Å². The minimum absolute atomic E-state index is 0.249. The van der Waals surface area contributed by atoms with Crippen molar-refractivity contribution in [3.8, 4) is 0 Å². The molecule has 3 rings (SSSR count). The van der Waals surface area contributed by atoms with Crippen LogP contribution < -0.4 is 0 Å². The van der Waals surface area contributed by atoms with Crippen LogP contribution in [0.15, 0.2) is 0 Å². The number of carbonyl (C=O) groups is 1. The SMILES string of the molecule is O=C1CCC23OC2(C1)O3. The van der Waals surface area contributed by atoms with Gasteiger partial charge in [-0.05, 0) is 0 Å². The summed E-state index contributed by atoms with van der Waals surface area (Å²) in [7, 11) is 0. The van der Waals surface area contributed by atoms with Gasteiger partial charge in [0.2, 0.25) is 11.6 Å². The van der Waals surface area contributed by atoms with Crippen LogP contribution in [-0.2, 0) is 14.3 Å². The number of carbonyl (C=O) groups excluding carboxylic acids is 1. The van der Waals surface area contributed by atoms with Crippen LogP contribution in [0.25, 0.3) is 0 Å². The number of rotatable bonds is 0. The summed E-state index contributed by atoms with van der Waals surface area (Å²) in [4.78, 5) is 10.8. The summed E-state index contributed by atoms with van der Waals surface area (Å²) in [5, 5.41) is 0. The highest BCUT2D eigenvalue weighted by Gasteiger charge is 2.91. The fourth-order valence-electron chi connectivity index (χ4n) is 1.64. The molecule has 3 heteroatoms. The molecule has 0 unspecified atom stereocenters. The van der Waals surface area contributed by atoms with E-state index in [2.05, 4.69) is 0 Å². The van der Waals surface area contributed by atoms with Crippen molar-refractivity contribution in [2.45, 2.75) is 30.8 Å². The third kappa shape index (κ3) is 0.312. The molecule has 2 heterocycles. The Kier molecular flexibility index (Phi) is 0.421. The standard InChI is InChI=1S/C6H6O3/c7-4-1-2-5-6(3-4,8-5)9-5/h1-3H2. The zero-order valence-electron chi connectivity index (χ0n) is 4.85. The van der Waals surface area contributed by atoms with Crippen LogP contribution in [-0.4, -0.2) is 17.4 Å². The highest BCUT2D eigenvalue weighted by molar-refractivity contribution is 5.82. The minimum Gasteiger partial charge on any atom is -0.306 e. The summed E-state index contributed by atoms with van der Waals surface area (Å²) < 4.78 is 10.3. The maximum atomic E-state index is 10.8. The van der Waals surface area contributed by atoms with Gasteiger partial charge >= 0.3 is 0 Å². The Balaban J connectivity index is 1.97. The van der Waals surface area contributed by atoms with Gasteiger partial charge < -0.3 is 9.47 Å². The third-order valence-corrected chi connectivity index (χ3v) is 2.32. The molecule has 2 aliphatic heterocycles. The van der Waals surface area contributed by atoms with Crippen molar-refractivity contribution in [1.29, 1.82) is 0 Å². The van der Waals surface area contributed by atoms with E-state index in [1.807, 2.05) is 0 Å². The summed E-state index contributed by atoms with van der Waals surface area (Å²) in [5.74, 6) is -0.357. The van der Waals surface area contributed by atoms with E-state index in [1.54, 1.807) is 0 Å². The van der Waals surface area contributed by atoms with Crippen LogP contribution in [0.3, 0.4) is 0 Å². The first-order chi connectivity index (χ1) is 4.27. The molecule has 3 nitrogen and oxygen atoms in total. The van der Waals surface area contributed by atoms with Gasteiger partial charge in [-0.15, -0.1) is 0 Å². The van der Waals surface area contributed by atoms with Crippen molar-refractivity contribution in [1.82, 2.24) is 0 Å². The lowest BCUT2D eigenvalue weighted by molar-refractivity contribution is -0.123. The van der Waals surface area contributed by atoms with E-state index in [4.69, 9.17) is 9.47 Å². The summed E-state index contributed by atoms with van der Waals surface area (Å²) in [6, 6.07) is 0. The Labute approximate surface area is 51.9 Å². The van der Waals surface area contributed by atoms with Gasteiger partial charge in [0.05, 0.1) is 6.42 Å². The number of epoxide rings is 2. The molecule has 9 heavy (non-hydrogen) atoms. The Morgan fingerprint density at radius 3 is 2.67 bits per heavy atom. The molecule has 0 aromatic rings. The topological polar surface area (TPSA) is 42.1 Å². The molecule has 0 spiro atoms. The molecule has 0 atom stereocenters. The van der Waals surface area contributed by atoms with Crippen LogP contribution in [0.2, 0.25) is 0 Å². The second-order valence-electron chi connectivity index (χ2n) is 2.93. The average molecular weight is 126 g/mol. The highest BCUT2D eigenvalue weighted by atomic mass is 17.0. The summed E-state index contributed by atoms with van der Waals surface area (Å²) in [6.45, 7) is 0. The maximum Gasteiger partial charge on any atom is 0.236 e. The van der Waals surface area contributed by atoms with E-state index in [9.17, 15) is 4.79 Å². The van der Waals surface area contributed by atoms with Crippen molar-refractivity contribution in [3.05, 3.63) is 0 Å². The first kappa shape index (κ1) is 4.41. The zero-order valence-corrected chi connectivity index (χ0v) is 4.85. The predicted octanol–water partition coefficient (Wildman–Crippen LogP) is 0.192. The van der Waals surface area contributed by atoms with Gasteiger partial charge in [0.1, 0.15) is 5.78 Å². The van der Waals surface area contributed by atoms with Gasteiger partial charge in [-0.1, -0.05) is 0 Å². The van der Waals surface area contributed by atoms with Gasteiger partial charge in [0.25, 0.3) is 0 Å². The van der Waals surface area contributed by atoms with Crippen molar-refractivity contribution >= 4 is 5.78 Å². The first-order valence-electron chi connectivity index (χ1n) is 3.18. The van der Waals surface area contributed by atoms with E-state index >= 15 is 0 Å². The summed E-state index contributed by atoms with van der Waals surface area (Å²) in [5.41, 5.74) is 0. The summed E-state index contributed by atoms with van der Waals surface area (Å²) >= 11 is 0. The molecule has 2 saturated heterocycles. The Morgan fingerprint density at radius 1 is 1.33 bits per heavy atom. The molecule has 0 radical (unpaired) electrons. The number of Topliss-reactive ketones (excluding diaryl/α,β-unsaturated/α-hetero) is 1. The third-order valence-electron chi connectivity index (χ3n) is 2.32. The molecule has 3 aliphatic rings. The lowest BCUT2D eigenvalue weighted by atomic mass is 10.00. The van der Waals surface area contributed by atoms with Gasteiger partial charge in [-0.2, -0.15) is 0 Å². The van der Waals surface area contributed by atoms with Crippen molar-refractivity contribution < 1.29 is 14.3 Å². The van der Waals surface area contributed by atoms with E-state index in [-0.39, 0.29) is 17.4 Å². The fraction of sp³-hybridized carbons (Fsp3) is 0.833. The fourth-order valence-corrected chi connectivity index (χ4v) is 1.64. The zero-order chi connectivity index (χ0) is 6.11. The highest BCUT2D eigenvalue weighted by Crippen LogP contribution is 2.73. The number of ether oxygens (including phenoxy) is 2. The van der Waals surface area contributed by atoms with Crippen molar-refractivity contribution in [3.63, 3.8) is 0 Å². The molecule has 1 aliphatic carbocycles. The van der Waals surface area contributed by atoms with Gasteiger partial charge in [0.15, 0.2) is 0 Å². The Morgan fingerprint density at radius 2 is 2.11 bits per heavy atom. The van der Waals surface area contributed by atoms with Gasteiger partial charge in [-0.25, -0.2) is 0 Å². The summed E-state index contributed by atoms with van der Waals surface area (Å²) in [6.07, 6.45) is 1.92. The lowest BCUT2D eigenvalue weighted by Crippen LogP contribution is -2.11. The molecule has 0 N–H and O–H groups in total. The van der Waals surface area contributed by atoms with E-state index < -0.39 is 0 Å². The largest absolute Gasteiger partial charge is 0.306 e. The number of hydrogen-bond donors (Lipinski definition) is 0. The lowest BCUT2D eigenvalue weighted by Gasteiger charge is -1.95. The monoisotopic (exact) mass is 126 g/mol. The van der Waals surface area contributed by atoms with Crippen molar-refractivity contribution in [2.24, 2.45) is 0 Å². The molecular weight excluding hydrogens is 120 g/mol. The molecule has 0 bridgehead atoms. The molecule has 0 aromatic carbocycles. The number of hydrogen-bond acceptors (Lipinski definition) is 3. The smallest absolute Gasteiger partial charge is 0.236 e. The van der Waals surface area contributed by atoms with E-state index in [0.717, 1.165) is 6.42 Å². The predicted molar refractivity (Wildman–Crippen MR) is 26.5 cm³/mol. The maximum absolute atomic E-state index is 10.8. The molecule has 3 fully saturated rings. The second-order valence-corrected chi connectivity index (χ2v) is 2.93. The average Bonchev–Trinajstić information content (AvgIpc) is 2.48. The second kappa shape index (κ2) is 0.859.